The lowest BCUT2D eigenvalue weighted by atomic mass is 9.28. The van der Waals surface area contributed by atoms with Gasteiger partial charge < -0.3 is 9.47 Å². The minimum absolute atomic E-state index is 0.0825. The average Bonchev–Trinajstić information content (AvgIpc) is 3.43. The van der Waals surface area contributed by atoms with E-state index in [0.29, 0.717) is 51.6 Å². The molecule has 0 aromatic carbocycles. The molecule has 1 heterocycles. The first-order valence-electron chi connectivity index (χ1n) is 16.1. The van der Waals surface area contributed by atoms with Crippen LogP contribution in [0, 0.1) is 69.0 Å². The van der Waals surface area contributed by atoms with Gasteiger partial charge in [-0.3, -0.25) is 14.4 Å². The van der Waals surface area contributed by atoms with Gasteiger partial charge in [0.05, 0.1) is 11.8 Å². The highest BCUT2D eigenvalue weighted by Crippen LogP contribution is 2.82. The fourth-order valence-corrected chi connectivity index (χ4v) is 13.9. The van der Waals surface area contributed by atoms with Crippen molar-refractivity contribution in [2.75, 3.05) is 0 Å². The maximum absolute atomic E-state index is 13.8. The molecule has 7 heteroatoms. The molecule has 0 unspecified atom stereocenters. The summed E-state index contributed by atoms with van der Waals surface area (Å²) in [6.07, 6.45) is 11.3. The number of cyclic esters (lactones) is 2. The second-order valence-corrected chi connectivity index (χ2v) is 17.8. The lowest BCUT2D eigenvalue weighted by Gasteiger charge is -2.74. The molecule has 0 aromatic rings. The normalized spacial score (nSPS) is 48.9. The van der Waals surface area contributed by atoms with Crippen LogP contribution in [-0.2, 0) is 23.9 Å². The molecule has 0 amide bonds. The molecule has 6 aliphatic carbocycles. The van der Waals surface area contributed by atoms with Crippen LogP contribution < -0.4 is 0 Å². The summed E-state index contributed by atoms with van der Waals surface area (Å²) in [5.74, 6) is 0.953. The Morgan fingerprint density at radius 2 is 1.61 bits per heavy atom. The molecule has 2 spiro atoms. The first kappa shape index (κ1) is 30.3. The van der Waals surface area contributed by atoms with Gasteiger partial charge in [0.25, 0.3) is 0 Å². The van der Waals surface area contributed by atoms with Crippen LogP contribution in [0.5, 0.6) is 0 Å². The van der Waals surface area contributed by atoms with Crippen LogP contribution in [-0.4, -0.2) is 33.7 Å². The van der Waals surface area contributed by atoms with E-state index in [1.807, 2.05) is 0 Å². The minimum atomic E-state index is -0.512. The van der Waals surface area contributed by atoms with Crippen molar-refractivity contribution >= 4 is 49.8 Å². The van der Waals surface area contributed by atoms with E-state index in [2.05, 4.69) is 85.6 Å². The second kappa shape index (κ2) is 9.91. The van der Waals surface area contributed by atoms with Crippen molar-refractivity contribution in [1.29, 1.82) is 0 Å². The summed E-state index contributed by atoms with van der Waals surface area (Å²) in [5.41, 5.74) is -0.929. The van der Waals surface area contributed by atoms with Crippen LogP contribution in [0.25, 0.3) is 0 Å². The highest BCUT2D eigenvalue weighted by atomic mass is 79.9. The topological polar surface area (TPSA) is 69.7 Å². The number of hydrogen-bond donors (Lipinski definition) is 0. The quantitative estimate of drug-likeness (QED) is 0.122. The molecule has 41 heavy (non-hydrogen) atoms. The third-order valence-electron chi connectivity index (χ3n) is 14.1. The summed E-state index contributed by atoms with van der Waals surface area (Å²) in [4.78, 5) is 40.1. The molecule has 0 aromatic heterocycles. The van der Waals surface area contributed by atoms with Gasteiger partial charge in [0.2, 0.25) is 0 Å². The Balaban J connectivity index is 1.41. The first-order valence-corrected chi connectivity index (χ1v) is 17.9. The number of hydrogen-bond acceptors (Lipinski definition) is 5. The molecule has 7 aliphatic rings. The maximum atomic E-state index is 13.8. The van der Waals surface area contributed by atoms with Gasteiger partial charge in [-0.2, -0.15) is 0 Å². The number of carbonyl (C=O) groups is 3. The van der Waals surface area contributed by atoms with Crippen molar-refractivity contribution < 1.29 is 23.9 Å². The molecule has 4 saturated carbocycles. The Morgan fingerprint density at radius 3 is 2.27 bits per heavy atom. The van der Waals surface area contributed by atoms with E-state index >= 15 is 0 Å². The minimum Gasteiger partial charge on any atom is -0.463 e. The van der Waals surface area contributed by atoms with Crippen LogP contribution in [0.3, 0.4) is 0 Å². The fraction of sp³-hybridized carbons (Fsp3) is 0.853. The largest absolute Gasteiger partial charge is 0.463 e. The number of alkyl halides is 2. The fourth-order valence-electron chi connectivity index (χ4n) is 11.9. The Labute approximate surface area is 263 Å². The number of carbonyl (C=O) groups excluding carboxylic acids is 3. The summed E-state index contributed by atoms with van der Waals surface area (Å²) in [5, 5.41) is 0. The Bertz CT molecular complexity index is 1170. The number of allylic oxidation sites excluding steroid dienone is 2. The van der Waals surface area contributed by atoms with Crippen LogP contribution in [0.4, 0.5) is 0 Å². The molecule has 14 atom stereocenters. The summed E-state index contributed by atoms with van der Waals surface area (Å²) in [7, 11) is 0. The van der Waals surface area contributed by atoms with E-state index in [1.54, 1.807) is 0 Å². The summed E-state index contributed by atoms with van der Waals surface area (Å²) >= 11 is 8.23. The molecule has 0 radical (unpaired) electrons. The Kier molecular flexibility index (Phi) is 7.33. The van der Waals surface area contributed by atoms with Crippen LogP contribution >= 0.6 is 31.9 Å². The number of esters is 3. The highest BCUT2D eigenvalue weighted by Gasteiger charge is 2.81. The van der Waals surface area contributed by atoms with Crippen molar-refractivity contribution in [3.8, 4) is 0 Å². The van der Waals surface area contributed by atoms with E-state index < -0.39 is 17.3 Å². The van der Waals surface area contributed by atoms with Crippen LogP contribution in [0.1, 0.15) is 93.4 Å². The molecular formula is C34H48Br2O5. The highest BCUT2D eigenvalue weighted by molar-refractivity contribution is 9.12. The van der Waals surface area contributed by atoms with Gasteiger partial charge >= 0.3 is 17.9 Å². The van der Waals surface area contributed by atoms with Gasteiger partial charge in [0.1, 0.15) is 6.10 Å². The Morgan fingerprint density at radius 1 is 0.927 bits per heavy atom. The molecule has 5 nitrogen and oxygen atoms in total. The monoisotopic (exact) mass is 694 g/mol. The molecular weight excluding hydrogens is 648 g/mol. The van der Waals surface area contributed by atoms with Crippen LogP contribution in [0.15, 0.2) is 12.2 Å². The van der Waals surface area contributed by atoms with Crippen molar-refractivity contribution in [2.24, 2.45) is 69.0 Å². The zero-order valence-corrected chi connectivity index (χ0v) is 28.9. The van der Waals surface area contributed by atoms with Gasteiger partial charge in [0.15, 0.2) is 0 Å². The molecule has 1 aliphatic heterocycles. The predicted molar refractivity (Wildman–Crippen MR) is 165 cm³/mol. The molecule has 228 valence electrons. The van der Waals surface area contributed by atoms with Crippen LogP contribution in [0.2, 0.25) is 0 Å². The summed E-state index contributed by atoms with van der Waals surface area (Å²) in [6, 6.07) is 0. The predicted octanol–water partition coefficient (Wildman–Crippen LogP) is 7.88. The smallest absolute Gasteiger partial charge is 0.318 e. The lowest BCUT2D eigenvalue weighted by Crippen LogP contribution is -2.72. The zero-order valence-electron chi connectivity index (χ0n) is 25.8. The van der Waals surface area contributed by atoms with Gasteiger partial charge in [0, 0.05) is 27.4 Å². The third-order valence-corrected chi connectivity index (χ3v) is 17.6. The van der Waals surface area contributed by atoms with E-state index in [1.165, 1.54) is 6.92 Å². The van der Waals surface area contributed by atoms with Gasteiger partial charge in [-0.05, 0) is 91.3 Å². The molecule has 5 fully saturated rings. The zero-order chi connectivity index (χ0) is 29.9. The standard InChI is InChI=1S/C34H48Br2O5/c1-17(2)18(3)27(35)28(36)19(4)22-8-9-23-31(22,6)12-11-24-32(7)13-10-21(40-20(5)37)16-33(32)14-15-34(23,24)26-25(33)29(38)41-30(26)39/h14-15,17-19,21-28H,8-13,16H2,1-7H3/t18-,19+,21-,22+,23+,24+,25+,26+,27-,28+,31-,32-,33+,34+/m1/s1. The molecule has 0 N–H and O–H groups in total. The van der Waals surface area contributed by atoms with Gasteiger partial charge in [-0.1, -0.05) is 85.6 Å². The summed E-state index contributed by atoms with van der Waals surface area (Å²) in [6.45, 7) is 15.7. The van der Waals surface area contributed by atoms with E-state index in [-0.39, 0.29) is 40.3 Å². The van der Waals surface area contributed by atoms with E-state index in [9.17, 15) is 14.4 Å². The second-order valence-electron chi connectivity index (χ2n) is 15.6. The molecule has 7 rings (SSSR count). The molecule has 1 saturated heterocycles. The average molecular weight is 697 g/mol. The first-order chi connectivity index (χ1) is 19.2. The third kappa shape index (κ3) is 3.84. The number of fused-ring (bicyclic) bond motifs is 1. The van der Waals surface area contributed by atoms with Crippen molar-refractivity contribution in [1.82, 2.24) is 0 Å². The number of rotatable bonds is 6. The van der Waals surface area contributed by atoms with Gasteiger partial charge in [-0.25, -0.2) is 0 Å². The lowest BCUT2D eigenvalue weighted by molar-refractivity contribution is -0.243. The Hall–Kier alpha value is -0.690. The van der Waals surface area contributed by atoms with Crippen molar-refractivity contribution in [3.63, 3.8) is 0 Å². The number of halogens is 2. The van der Waals surface area contributed by atoms with E-state index in [0.717, 1.165) is 38.5 Å². The van der Waals surface area contributed by atoms with Crippen molar-refractivity contribution in [3.05, 3.63) is 12.2 Å². The van der Waals surface area contributed by atoms with E-state index in [4.69, 9.17) is 9.47 Å². The number of ether oxygens (including phenoxy) is 2. The summed E-state index contributed by atoms with van der Waals surface area (Å²) < 4.78 is 11.3. The maximum Gasteiger partial charge on any atom is 0.318 e. The SMILES string of the molecule is CC(=O)O[C@@H]1CC[C@]2(C)[C@@H]3CC[C@]4(C)[C@H]([C@H](C)[C@H](Br)[C@H](Br)[C@H](C)C(C)C)CC[C@@H]4[C@@]34C=C[C@]2(C1)[C@@H]1C(=O)OC(=O)[C@H]14. The van der Waals surface area contributed by atoms with Gasteiger partial charge in [-0.15, -0.1) is 0 Å². The van der Waals surface area contributed by atoms with Crippen molar-refractivity contribution in [2.45, 2.75) is 109 Å². The molecule has 2 bridgehead atoms.